The van der Waals surface area contributed by atoms with Crippen LogP contribution >= 0.6 is 39.1 Å². The number of halogens is 3. The van der Waals surface area contributed by atoms with Crippen LogP contribution in [0.1, 0.15) is 41.3 Å². The van der Waals surface area contributed by atoms with E-state index in [0.717, 1.165) is 28.4 Å². The van der Waals surface area contributed by atoms with Crippen molar-refractivity contribution in [3.8, 4) is 0 Å². The normalized spacial score (nSPS) is 20.3. The lowest BCUT2D eigenvalue weighted by Crippen LogP contribution is -2.49. The number of carbonyl (C=O) groups is 3. The first kappa shape index (κ1) is 27.5. The Balaban J connectivity index is 1.55. The maximum Gasteiger partial charge on any atom is 0.256 e. The standard InChI is InChI=1S/C29H27BrCl2N4O3/c1-17(37)33-22-6-3-11-36(16-22)27(38)23-9-7-19(30)13-25(23)35-29(15-18-4-2-5-20(31)12-18)24-10-8-21(32)14-26(24)34-28(29)39/h2,4-5,7-10,12-14,22,35H,3,6,11,15-16H2,1H3,(H,33,37)(H,34,39). The van der Waals surface area contributed by atoms with Crippen LogP contribution < -0.4 is 16.0 Å². The average molecular weight is 630 g/mol. The number of hydrogen-bond donors (Lipinski definition) is 3. The van der Waals surface area contributed by atoms with Crippen molar-refractivity contribution in [1.29, 1.82) is 0 Å². The van der Waals surface area contributed by atoms with E-state index in [1.54, 1.807) is 35.2 Å². The fourth-order valence-electron chi connectivity index (χ4n) is 5.41. The zero-order chi connectivity index (χ0) is 27.7. The van der Waals surface area contributed by atoms with Crippen molar-refractivity contribution >= 4 is 68.2 Å². The second kappa shape index (κ2) is 11.2. The van der Waals surface area contributed by atoms with Gasteiger partial charge < -0.3 is 20.9 Å². The number of carbonyl (C=O) groups excluding carboxylic acids is 3. The molecule has 3 amide bonds. The van der Waals surface area contributed by atoms with Gasteiger partial charge in [0.1, 0.15) is 5.54 Å². The van der Waals surface area contributed by atoms with Crippen molar-refractivity contribution in [2.75, 3.05) is 23.7 Å². The average Bonchev–Trinajstić information content (AvgIpc) is 3.13. The molecule has 1 fully saturated rings. The predicted molar refractivity (Wildman–Crippen MR) is 157 cm³/mol. The molecule has 202 valence electrons. The first-order chi connectivity index (χ1) is 18.6. The van der Waals surface area contributed by atoms with Gasteiger partial charge in [0.2, 0.25) is 5.91 Å². The Kier molecular flexibility index (Phi) is 7.89. The molecular weight excluding hydrogens is 603 g/mol. The van der Waals surface area contributed by atoms with E-state index in [1.165, 1.54) is 6.92 Å². The highest BCUT2D eigenvalue weighted by atomic mass is 79.9. The number of fused-ring (bicyclic) bond motifs is 1. The summed E-state index contributed by atoms with van der Waals surface area (Å²) < 4.78 is 0.754. The van der Waals surface area contributed by atoms with E-state index in [4.69, 9.17) is 23.2 Å². The minimum absolute atomic E-state index is 0.0986. The number of nitrogens with one attached hydrogen (secondary N) is 3. The van der Waals surface area contributed by atoms with Gasteiger partial charge in [-0.1, -0.05) is 57.3 Å². The predicted octanol–water partition coefficient (Wildman–Crippen LogP) is 6.00. The summed E-state index contributed by atoms with van der Waals surface area (Å²) in [4.78, 5) is 41.0. The van der Waals surface area contributed by atoms with Gasteiger partial charge >= 0.3 is 0 Å². The van der Waals surface area contributed by atoms with Gasteiger partial charge in [0.05, 0.1) is 5.56 Å². The monoisotopic (exact) mass is 628 g/mol. The third-order valence-electron chi connectivity index (χ3n) is 7.11. The molecule has 2 aliphatic heterocycles. The van der Waals surface area contributed by atoms with Crippen LogP contribution in [0.15, 0.2) is 65.1 Å². The minimum atomic E-state index is -1.24. The van der Waals surface area contributed by atoms with Gasteiger partial charge in [0.15, 0.2) is 0 Å². The quantitative estimate of drug-likeness (QED) is 0.312. The van der Waals surface area contributed by atoms with E-state index in [-0.39, 0.29) is 30.2 Å². The van der Waals surface area contributed by atoms with Gasteiger partial charge in [0, 0.05) is 63.9 Å². The van der Waals surface area contributed by atoms with Crippen molar-refractivity contribution in [2.24, 2.45) is 0 Å². The number of piperidine rings is 1. The van der Waals surface area contributed by atoms with E-state index in [0.29, 0.717) is 40.1 Å². The lowest BCUT2D eigenvalue weighted by atomic mass is 9.84. The van der Waals surface area contributed by atoms with Crippen LogP contribution in [0, 0.1) is 0 Å². The molecule has 2 heterocycles. The molecule has 3 aromatic rings. The first-order valence-electron chi connectivity index (χ1n) is 12.6. The van der Waals surface area contributed by atoms with Gasteiger partial charge in [-0.25, -0.2) is 0 Å². The SMILES string of the molecule is CC(=O)NC1CCCN(C(=O)c2ccc(Br)cc2NC2(Cc3cccc(Cl)c3)C(=O)Nc3cc(Cl)ccc32)C1. The molecule has 2 aliphatic rings. The fraction of sp³-hybridized carbons (Fsp3) is 0.276. The molecule has 5 rings (SSSR count). The van der Waals surface area contributed by atoms with Gasteiger partial charge in [-0.05, 0) is 60.9 Å². The molecule has 0 saturated carbocycles. The van der Waals surface area contributed by atoms with Crippen LogP contribution in [0.5, 0.6) is 0 Å². The molecule has 0 bridgehead atoms. The van der Waals surface area contributed by atoms with Crippen LogP contribution in [0.3, 0.4) is 0 Å². The number of hydrogen-bond acceptors (Lipinski definition) is 4. The highest BCUT2D eigenvalue weighted by Crippen LogP contribution is 2.43. The zero-order valence-corrected chi connectivity index (χ0v) is 24.3. The van der Waals surface area contributed by atoms with Gasteiger partial charge in [-0.2, -0.15) is 0 Å². The topological polar surface area (TPSA) is 90.5 Å². The molecule has 3 aromatic carbocycles. The number of amides is 3. The second-order valence-electron chi connectivity index (χ2n) is 9.96. The second-order valence-corrected chi connectivity index (χ2v) is 11.8. The third-order valence-corrected chi connectivity index (χ3v) is 8.08. The Bertz CT molecular complexity index is 1470. The fourth-order valence-corrected chi connectivity index (χ4v) is 6.16. The molecule has 39 heavy (non-hydrogen) atoms. The Morgan fingerprint density at radius 1 is 1.10 bits per heavy atom. The number of rotatable bonds is 6. The van der Waals surface area contributed by atoms with Gasteiger partial charge in [-0.3, -0.25) is 14.4 Å². The third kappa shape index (κ3) is 5.78. The maximum atomic E-state index is 13.8. The Morgan fingerprint density at radius 3 is 2.67 bits per heavy atom. The number of benzene rings is 3. The lowest BCUT2D eigenvalue weighted by molar-refractivity contribution is -0.120. The van der Waals surface area contributed by atoms with E-state index in [1.807, 2.05) is 30.3 Å². The van der Waals surface area contributed by atoms with Crippen LogP contribution in [-0.4, -0.2) is 41.8 Å². The number of anilines is 2. The van der Waals surface area contributed by atoms with E-state index in [2.05, 4.69) is 31.9 Å². The molecule has 0 aromatic heterocycles. The molecule has 0 spiro atoms. The summed E-state index contributed by atoms with van der Waals surface area (Å²) in [6.07, 6.45) is 1.88. The molecule has 2 atom stereocenters. The van der Waals surface area contributed by atoms with E-state index < -0.39 is 5.54 Å². The smallest absolute Gasteiger partial charge is 0.256 e. The molecule has 0 aliphatic carbocycles. The molecule has 10 heteroatoms. The molecule has 7 nitrogen and oxygen atoms in total. The summed E-state index contributed by atoms with van der Waals surface area (Å²) in [5, 5.41) is 10.4. The lowest BCUT2D eigenvalue weighted by Gasteiger charge is -2.35. The highest BCUT2D eigenvalue weighted by Gasteiger charge is 2.47. The maximum absolute atomic E-state index is 13.8. The van der Waals surface area contributed by atoms with Crippen molar-refractivity contribution in [3.63, 3.8) is 0 Å². The summed E-state index contributed by atoms with van der Waals surface area (Å²) >= 11 is 16.1. The summed E-state index contributed by atoms with van der Waals surface area (Å²) in [7, 11) is 0. The van der Waals surface area contributed by atoms with Crippen LogP contribution in [0.2, 0.25) is 10.0 Å². The van der Waals surface area contributed by atoms with Crippen molar-refractivity contribution in [3.05, 3.63) is 91.9 Å². The molecule has 0 radical (unpaired) electrons. The summed E-state index contributed by atoms with van der Waals surface area (Å²) in [5.41, 5.74) is 1.89. The molecular formula is C29H27BrCl2N4O3. The van der Waals surface area contributed by atoms with Crippen molar-refractivity contribution in [1.82, 2.24) is 10.2 Å². The molecule has 1 saturated heterocycles. The van der Waals surface area contributed by atoms with Crippen LogP contribution in [0.4, 0.5) is 11.4 Å². The van der Waals surface area contributed by atoms with Gasteiger partial charge in [-0.15, -0.1) is 0 Å². The summed E-state index contributed by atoms with van der Waals surface area (Å²) in [6, 6.07) is 17.9. The Labute approximate surface area is 245 Å². The van der Waals surface area contributed by atoms with Gasteiger partial charge in [0.25, 0.3) is 11.8 Å². The van der Waals surface area contributed by atoms with Crippen molar-refractivity contribution < 1.29 is 14.4 Å². The van der Waals surface area contributed by atoms with E-state index >= 15 is 0 Å². The Morgan fingerprint density at radius 2 is 1.90 bits per heavy atom. The highest BCUT2D eigenvalue weighted by molar-refractivity contribution is 9.10. The first-order valence-corrected chi connectivity index (χ1v) is 14.2. The van der Waals surface area contributed by atoms with Crippen LogP contribution in [0.25, 0.3) is 0 Å². The number of nitrogens with zero attached hydrogens (tertiary/aromatic N) is 1. The Hall–Kier alpha value is -3.07. The van der Waals surface area contributed by atoms with Crippen LogP contribution in [-0.2, 0) is 21.5 Å². The largest absolute Gasteiger partial charge is 0.367 e. The summed E-state index contributed by atoms with van der Waals surface area (Å²) in [5.74, 6) is -0.552. The summed E-state index contributed by atoms with van der Waals surface area (Å²) in [6.45, 7) is 2.48. The zero-order valence-electron chi connectivity index (χ0n) is 21.2. The minimum Gasteiger partial charge on any atom is -0.367 e. The van der Waals surface area contributed by atoms with Crippen molar-refractivity contribution in [2.45, 2.75) is 37.8 Å². The molecule has 2 unspecified atom stereocenters. The number of likely N-dealkylation sites (tertiary alicyclic amines) is 1. The molecule has 3 N–H and O–H groups in total. The van der Waals surface area contributed by atoms with E-state index in [9.17, 15) is 14.4 Å².